The summed E-state index contributed by atoms with van der Waals surface area (Å²) in [7, 11) is -1.19. The van der Waals surface area contributed by atoms with Crippen LogP contribution in [0.3, 0.4) is 0 Å². The molecule has 10 heteroatoms. The lowest BCUT2D eigenvalue weighted by Crippen LogP contribution is -2.44. The topological polar surface area (TPSA) is 110 Å². The summed E-state index contributed by atoms with van der Waals surface area (Å²) in [4.78, 5) is 34.8. The Morgan fingerprint density at radius 2 is 2.03 bits per heavy atom. The van der Waals surface area contributed by atoms with Crippen molar-refractivity contribution in [2.45, 2.75) is 64.1 Å². The highest BCUT2D eigenvalue weighted by atomic mass is 28.3. The summed E-state index contributed by atoms with van der Waals surface area (Å²) in [6, 6.07) is 1.02. The van der Waals surface area contributed by atoms with Crippen LogP contribution in [0.1, 0.15) is 36.0 Å². The molecule has 2 aromatic heterocycles. The van der Waals surface area contributed by atoms with Gasteiger partial charge in [-0.3, -0.25) is 4.79 Å². The number of carboxylic acid groups (broad SMARTS) is 1. The molecule has 3 heterocycles. The molecule has 1 saturated carbocycles. The lowest BCUT2D eigenvalue weighted by atomic mass is 10.0. The molecule has 2 fully saturated rings. The maximum Gasteiger partial charge on any atom is 0.407 e. The monoisotopic (exact) mass is 459 g/mol. The van der Waals surface area contributed by atoms with E-state index in [0.29, 0.717) is 48.8 Å². The molecule has 0 radical (unpaired) electrons. The molecule has 2 aliphatic rings. The Balaban J connectivity index is 1.59. The summed E-state index contributed by atoms with van der Waals surface area (Å²) in [5.74, 6) is 0.800. The van der Waals surface area contributed by atoms with E-state index in [1.165, 1.54) is 11.2 Å². The second-order valence-corrected chi connectivity index (χ2v) is 15.8. The van der Waals surface area contributed by atoms with Crippen molar-refractivity contribution < 1.29 is 19.4 Å². The Morgan fingerprint density at radius 3 is 2.72 bits per heavy atom. The molecule has 32 heavy (non-hydrogen) atoms. The molecule has 9 nitrogen and oxygen atoms in total. The molecule has 1 aliphatic carbocycles. The van der Waals surface area contributed by atoms with E-state index in [2.05, 4.69) is 34.9 Å². The molecular weight excluding hydrogens is 426 g/mol. The molecule has 0 bridgehead atoms. The van der Waals surface area contributed by atoms with Crippen molar-refractivity contribution in [3.8, 4) is 0 Å². The van der Waals surface area contributed by atoms with Crippen LogP contribution in [0, 0.1) is 5.92 Å². The Kier molecular flexibility index (Phi) is 6.52. The number of fused-ring (bicyclic) bond motifs is 1. The number of anilines is 1. The zero-order chi connectivity index (χ0) is 22.9. The number of piperidine rings is 1. The van der Waals surface area contributed by atoms with E-state index < -0.39 is 14.2 Å². The van der Waals surface area contributed by atoms with Gasteiger partial charge in [-0.25, -0.2) is 14.8 Å². The molecule has 4 rings (SSSR count). The van der Waals surface area contributed by atoms with E-state index in [9.17, 15) is 14.7 Å². The first kappa shape index (κ1) is 22.7. The Labute approximate surface area is 189 Å². The van der Waals surface area contributed by atoms with Gasteiger partial charge >= 0.3 is 6.09 Å². The molecular formula is C22H33N5O4Si. The molecule has 1 amide bonds. The summed E-state index contributed by atoms with van der Waals surface area (Å²) < 4.78 is 7.83. The zero-order valence-electron chi connectivity index (χ0n) is 19.1. The maximum absolute atomic E-state index is 13.1. The Hall–Kier alpha value is -2.46. The van der Waals surface area contributed by atoms with Gasteiger partial charge in [-0.15, -0.1) is 0 Å². The number of amides is 1. The number of hydrogen-bond acceptors (Lipinski definition) is 6. The number of rotatable bonds is 9. The van der Waals surface area contributed by atoms with E-state index in [4.69, 9.17) is 4.74 Å². The van der Waals surface area contributed by atoms with Crippen molar-refractivity contribution in [1.29, 1.82) is 0 Å². The molecule has 0 aromatic carbocycles. The first-order chi connectivity index (χ1) is 15.2. The molecule has 1 unspecified atom stereocenters. The highest BCUT2D eigenvalue weighted by Gasteiger charge is 2.34. The van der Waals surface area contributed by atoms with E-state index in [1.54, 1.807) is 0 Å². The summed E-state index contributed by atoms with van der Waals surface area (Å²) in [5.41, 5.74) is 1.30. The third kappa shape index (κ3) is 5.29. The van der Waals surface area contributed by atoms with E-state index >= 15 is 0 Å². The van der Waals surface area contributed by atoms with Crippen molar-refractivity contribution in [3.05, 3.63) is 18.1 Å². The highest BCUT2D eigenvalue weighted by molar-refractivity contribution is 6.76. The SMILES string of the molecule is C[Si](C)(C)CCOCn1cc(C(=O)C2CC2)c2c(NC3CCCN(C(=O)O)C3)ncnc21. The fourth-order valence-corrected chi connectivity index (χ4v) is 4.84. The molecule has 1 saturated heterocycles. The van der Waals surface area contributed by atoms with Gasteiger partial charge in [0.2, 0.25) is 0 Å². The number of nitrogens with one attached hydrogen (secondary N) is 1. The highest BCUT2D eigenvalue weighted by Crippen LogP contribution is 2.37. The predicted molar refractivity (Wildman–Crippen MR) is 125 cm³/mol. The van der Waals surface area contributed by atoms with Gasteiger partial charge < -0.3 is 24.6 Å². The third-order valence-electron chi connectivity index (χ3n) is 6.13. The first-order valence-corrected chi connectivity index (χ1v) is 15.1. The summed E-state index contributed by atoms with van der Waals surface area (Å²) in [5, 5.41) is 13.5. The van der Waals surface area contributed by atoms with E-state index in [1.807, 2.05) is 10.8 Å². The normalized spacial score (nSPS) is 19.3. The van der Waals surface area contributed by atoms with Gasteiger partial charge in [-0.05, 0) is 31.7 Å². The fraction of sp³-hybridized carbons (Fsp3) is 0.636. The summed E-state index contributed by atoms with van der Waals surface area (Å²) >= 11 is 0. The second kappa shape index (κ2) is 9.19. The summed E-state index contributed by atoms with van der Waals surface area (Å²) in [6.07, 6.45) is 5.92. The predicted octanol–water partition coefficient (Wildman–Crippen LogP) is 3.89. The molecule has 2 aromatic rings. The summed E-state index contributed by atoms with van der Waals surface area (Å²) in [6.45, 7) is 8.91. The van der Waals surface area contributed by atoms with Gasteiger partial charge in [-0.1, -0.05) is 19.6 Å². The average Bonchev–Trinajstić information content (AvgIpc) is 3.52. The number of ether oxygens (including phenoxy) is 1. The quantitative estimate of drug-likeness (QED) is 0.332. The number of carbonyl (C=O) groups is 2. The van der Waals surface area contributed by atoms with Gasteiger partial charge in [0.15, 0.2) is 5.78 Å². The van der Waals surface area contributed by atoms with Crippen molar-refractivity contribution in [2.75, 3.05) is 25.0 Å². The van der Waals surface area contributed by atoms with Crippen molar-refractivity contribution in [1.82, 2.24) is 19.4 Å². The van der Waals surface area contributed by atoms with Crippen LogP contribution in [0.25, 0.3) is 11.0 Å². The molecule has 174 valence electrons. The van der Waals surface area contributed by atoms with E-state index in [-0.39, 0.29) is 17.7 Å². The minimum absolute atomic E-state index is 0.0572. The fourth-order valence-electron chi connectivity index (χ4n) is 4.09. The average molecular weight is 460 g/mol. The Morgan fingerprint density at radius 1 is 1.25 bits per heavy atom. The number of aromatic nitrogens is 3. The molecule has 1 atom stereocenters. The van der Waals surface area contributed by atoms with Gasteiger partial charge in [0.1, 0.15) is 24.5 Å². The maximum atomic E-state index is 13.1. The molecule has 0 spiro atoms. The van der Waals surface area contributed by atoms with Crippen LogP contribution >= 0.6 is 0 Å². The number of hydrogen-bond donors (Lipinski definition) is 2. The Bertz CT molecular complexity index is 998. The van der Waals surface area contributed by atoms with Crippen LogP contribution in [0.15, 0.2) is 12.5 Å². The standard InChI is InChI=1S/C22H33N5O4Si/c1-32(2,3)10-9-31-14-27-12-17(19(28)15-6-7-15)18-20(23-13-24-21(18)27)25-16-5-4-8-26(11-16)22(29)30/h12-13,15-16H,4-11,14H2,1-3H3,(H,29,30)(H,23,24,25). The number of carbonyl (C=O) groups excluding carboxylic acids is 1. The number of nitrogens with zero attached hydrogens (tertiary/aromatic N) is 4. The van der Waals surface area contributed by atoms with Gasteiger partial charge in [-0.2, -0.15) is 0 Å². The first-order valence-electron chi connectivity index (χ1n) is 11.4. The van der Waals surface area contributed by atoms with Gasteiger partial charge in [0.25, 0.3) is 0 Å². The van der Waals surface area contributed by atoms with Crippen molar-refractivity contribution in [3.63, 3.8) is 0 Å². The second-order valence-electron chi connectivity index (χ2n) is 10.1. The lowest BCUT2D eigenvalue weighted by molar-refractivity contribution is 0.0893. The van der Waals surface area contributed by atoms with Crippen LogP contribution in [0.4, 0.5) is 10.6 Å². The van der Waals surface area contributed by atoms with Crippen LogP contribution in [0.5, 0.6) is 0 Å². The van der Waals surface area contributed by atoms with Gasteiger partial charge in [0, 0.05) is 51.5 Å². The van der Waals surface area contributed by atoms with Crippen LogP contribution < -0.4 is 5.32 Å². The van der Waals surface area contributed by atoms with E-state index in [0.717, 1.165) is 31.7 Å². The number of Topliss-reactive ketones (excluding diaryl/α,β-unsaturated/α-hetero) is 1. The third-order valence-corrected chi connectivity index (χ3v) is 7.83. The lowest BCUT2D eigenvalue weighted by Gasteiger charge is -2.31. The number of ketones is 1. The largest absolute Gasteiger partial charge is 0.465 e. The number of likely N-dealkylation sites (tertiary alicyclic amines) is 1. The van der Waals surface area contributed by atoms with Crippen LogP contribution in [0.2, 0.25) is 25.7 Å². The minimum Gasteiger partial charge on any atom is -0.465 e. The van der Waals surface area contributed by atoms with Gasteiger partial charge in [0.05, 0.1) is 5.39 Å². The smallest absolute Gasteiger partial charge is 0.407 e. The van der Waals surface area contributed by atoms with Crippen LogP contribution in [-0.2, 0) is 11.5 Å². The minimum atomic E-state index is -1.19. The molecule has 1 aliphatic heterocycles. The van der Waals surface area contributed by atoms with Crippen LogP contribution in [-0.4, -0.2) is 70.2 Å². The molecule has 2 N–H and O–H groups in total. The van der Waals surface area contributed by atoms with Crippen molar-refractivity contribution >= 4 is 36.8 Å². The van der Waals surface area contributed by atoms with Crippen molar-refractivity contribution in [2.24, 2.45) is 5.92 Å². The zero-order valence-corrected chi connectivity index (χ0v) is 20.1.